The lowest BCUT2D eigenvalue weighted by Gasteiger charge is -2.40. The average molecular weight is 571 g/mol. The van der Waals surface area contributed by atoms with Crippen LogP contribution in [0.15, 0.2) is 36.9 Å². The molecule has 2 aromatic heterocycles. The van der Waals surface area contributed by atoms with E-state index in [1.165, 1.54) is 18.0 Å². The highest BCUT2D eigenvalue weighted by Gasteiger charge is 2.39. The van der Waals surface area contributed by atoms with Gasteiger partial charge in [-0.2, -0.15) is 26.3 Å². The van der Waals surface area contributed by atoms with E-state index in [0.29, 0.717) is 12.0 Å². The summed E-state index contributed by atoms with van der Waals surface area (Å²) in [6.45, 7) is 4.26. The van der Waals surface area contributed by atoms with Crippen molar-refractivity contribution < 1.29 is 55.3 Å². The first-order chi connectivity index (χ1) is 18.2. The number of carbonyl (C=O) groups is 2. The number of nitrogens with zero attached hydrogens (tertiary/aromatic N) is 5. The van der Waals surface area contributed by atoms with E-state index in [1.807, 2.05) is 12.3 Å². The number of hydrogen-bond acceptors (Lipinski definition) is 8. The second-order valence-corrected chi connectivity index (χ2v) is 8.18. The van der Waals surface area contributed by atoms with E-state index >= 15 is 0 Å². The summed E-state index contributed by atoms with van der Waals surface area (Å²) in [5.74, 6) is -5.32. The highest BCUT2D eigenvalue weighted by molar-refractivity contribution is 5.73. The molecule has 2 aliphatic heterocycles. The van der Waals surface area contributed by atoms with Crippen molar-refractivity contribution in [1.29, 1.82) is 0 Å². The van der Waals surface area contributed by atoms with Crippen LogP contribution in [0.5, 0.6) is 0 Å². The maximum absolute atomic E-state index is 13.1. The predicted octanol–water partition coefficient (Wildman–Crippen LogP) is 3.15. The first-order valence-corrected chi connectivity index (χ1v) is 11.3. The number of pyridine rings is 1. The van der Waals surface area contributed by atoms with Gasteiger partial charge in [-0.05, 0) is 24.5 Å². The van der Waals surface area contributed by atoms with Gasteiger partial charge in [-0.15, -0.1) is 0 Å². The molecule has 0 amide bonds. The van der Waals surface area contributed by atoms with Crippen LogP contribution in [0.3, 0.4) is 0 Å². The van der Waals surface area contributed by atoms with Gasteiger partial charge in [-0.1, -0.05) is 6.07 Å². The van der Waals surface area contributed by atoms with E-state index in [0.717, 1.165) is 45.6 Å². The van der Waals surface area contributed by atoms with E-state index in [1.54, 1.807) is 6.20 Å². The SMILES string of the molecule is Fc1cnc(N2CCC3OCCN(Cc4cccnc4)C3CC2)nc1.O=C(O)C(F)(F)F.O=C(O)C(F)(F)F. The Bertz CT molecular complexity index is 1030. The van der Waals surface area contributed by atoms with E-state index < -0.39 is 30.1 Å². The van der Waals surface area contributed by atoms with Crippen LogP contribution in [0.25, 0.3) is 0 Å². The summed E-state index contributed by atoms with van der Waals surface area (Å²) in [6, 6.07) is 4.47. The number of aliphatic carboxylic acids is 2. The molecule has 4 rings (SSSR count). The molecule has 17 heteroatoms. The zero-order valence-electron chi connectivity index (χ0n) is 20.1. The van der Waals surface area contributed by atoms with Crippen LogP contribution >= 0.6 is 0 Å². The van der Waals surface area contributed by atoms with Gasteiger partial charge in [0.25, 0.3) is 0 Å². The molecule has 2 saturated heterocycles. The number of rotatable bonds is 3. The van der Waals surface area contributed by atoms with Gasteiger partial charge < -0.3 is 19.8 Å². The Morgan fingerprint density at radius 3 is 2.03 bits per heavy atom. The van der Waals surface area contributed by atoms with Gasteiger partial charge in [0.15, 0.2) is 5.82 Å². The van der Waals surface area contributed by atoms with Gasteiger partial charge in [0.2, 0.25) is 5.95 Å². The molecule has 39 heavy (non-hydrogen) atoms. The fourth-order valence-corrected chi connectivity index (χ4v) is 3.75. The standard InChI is InChI=1S/C18H22FN5O.2C2HF3O2/c19-15-11-21-18(22-12-15)23-6-3-16-17(4-7-23)25-9-8-24(16)13-14-2-1-5-20-10-14;2*3-2(4,5)1(6)7/h1-2,5,10-12,16-17H,3-4,6-9,13H2;2*(H,6,7). The second kappa shape index (κ2) is 14.0. The van der Waals surface area contributed by atoms with Gasteiger partial charge in [0.05, 0.1) is 25.1 Å². The largest absolute Gasteiger partial charge is 0.490 e. The van der Waals surface area contributed by atoms with Crippen molar-refractivity contribution >= 4 is 17.9 Å². The van der Waals surface area contributed by atoms with Crippen LogP contribution in [0.1, 0.15) is 18.4 Å². The van der Waals surface area contributed by atoms with E-state index in [4.69, 9.17) is 24.5 Å². The molecule has 0 spiro atoms. The topological polar surface area (TPSA) is 129 Å². The Balaban J connectivity index is 0.000000317. The third-order valence-electron chi connectivity index (χ3n) is 5.47. The Morgan fingerprint density at radius 2 is 1.51 bits per heavy atom. The number of ether oxygens (including phenoxy) is 1. The molecule has 10 nitrogen and oxygen atoms in total. The average Bonchev–Trinajstić information content (AvgIpc) is 3.08. The molecule has 2 aromatic rings. The number of alkyl halides is 6. The normalized spacial score (nSPS) is 19.8. The summed E-state index contributed by atoms with van der Waals surface area (Å²) in [5, 5.41) is 14.2. The minimum Gasteiger partial charge on any atom is -0.475 e. The smallest absolute Gasteiger partial charge is 0.475 e. The van der Waals surface area contributed by atoms with Crippen LogP contribution < -0.4 is 4.90 Å². The van der Waals surface area contributed by atoms with E-state index in [9.17, 15) is 30.7 Å². The molecule has 0 bridgehead atoms. The lowest BCUT2D eigenvalue weighted by atomic mass is 10.0. The highest BCUT2D eigenvalue weighted by Crippen LogP contribution is 2.26. The molecule has 2 N–H and O–H groups in total. The number of aromatic nitrogens is 3. The van der Waals surface area contributed by atoms with E-state index in [-0.39, 0.29) is 6.10 Å². The van der Waals surface area contributed by atoms with Gasteiger partial charge in [-0.25, -0.2) is 23.9 Å². The maximum Gasteiger partial charge on any atom is 0.490 e. The first-order valence-electron chi connectivity index (χ1n) is 11.3. The Kier molecular flexibility index (Phi) is 11.3. The fraction of sp³-hybridized carbons (Fsp3) is 0.500. The van der Waals surface area contributed by atoms with Crippen molar-refractivity contribution in [3.8, 4) is 0 Å². The van der Waals surface area contributed by atoms with Crippen LogP contribution in [-0.4, -0.2) is 92.7 Å². The summed E-state index contributed by atoms with van der Waals surface area (Å²) >= 11 is 0. The van der Waals surface area contributed by atoms with Crippen molar-refractivity contribution in [2.75, 3.05) is 31.1 Å². The molecule has 2 aliphatic rings. The minimum atomic E-state index is -5.08. The van der Waals surface area contributed by atoms with Gasteiger partial charge in [0, 0.05) is 44.6 Å². The summed E-state index contributed by atoms with van der Waals surface area (Å²) in [4.78, 5) is 34.9. The van der Waals surface area contributed by atoms with Crippen LogP contribution in [-0.2, 0) is 20.9 Å². The number of carboxylic acid groups (broad SMARTS) is 2. The van der Waals surface area contributed by atoms with Crippen LogP contribution in [0, 0.1) is 5.82 Å². The molecule has 2 fully saturated rings. The van der Waals surface area contributed by atoms with Crippen molar-refractivity contribution in [3.63, 3.8) is 0 Å². The number of fused-ring (bicyclic) bond motifs is 1. The van der Waals surface area contributed by atoms with Gasteiger partial charge in [0.1, 0.15) is 0 Å². The molecule has 0 aromatic carbocycles. The summed E-state index contributed by atoms with van der Waals surface area (Å²) in [5.41, 5.74) is 1.23. The first kappa shape index (κ1) is 31.6. The molecular weight excluding hydrogens is 547 g/mol. The van der Waals surface area contributed by atoms with Crippen LogP contribution in [0.4, 0.5) is 36.7 Å². The number of carboxylic acids is 2. The van der Waals surface area contributed by atoms with Gasteiger partial charge >= 0.3 is 24.3 Å². The third kappa shape index (κ3) is 10.6. The van der Waals surface area contributed by atoms with Crippen LogP contribution in [0.2, 0.25) is 0 Å². The molecule has 0 saturated carbocycles. The van der Waals surface area contributed by atoms with E-state index in [2.05, 4.69) is 30.8 Å². The Hall–Kier alpha value is -3.60. The number of morpholine rings is 1. The van der Waals surface area contributed by atoms with Crippen molar-refractivity contribution in [2.24, 2.45) is 0 Å². The Labute approximate surface area is 217 Å². The zero-order chi connectivity index (χ0) is 29.2. The maximum atomic E-state index is 13.1. The van der Waals surface area contributed by atoms with Gasteiger partial charge in [-0.3, -0.25) is 9.88 Å². The van der Waals surface area contributed by atoms with Crippen molar-refractivity contribution in [3.05, 3.63) is 48.3 Å². The number of anilines is 1. The molecule has 0 radical (unpaired) electrons. The second-order valence-electron chi connectivity index (χ2n) is 8.18. The molecular formula is C22H24F7N5O5. The summed E-state index contributed by atoms with van der Waals surface area (Å²) in [7, 11) is 0. The fourth-order valence-electron chi connectivity index (χ4n) is 3.75. The summed E-state index contributed by atoms with van der Waals surface area (Å²) < 4.78 is 82.6. The molecule has 4 heterocycles. The number of halogens is 7. The lowest BCUT2D eigenvalue weighted by Crippen LogP contribution is -2.50. The minimum absolute atomic E-state index is 0.218. The third-order valence-corrected chi connectivity index (χ3v) is 5.47. The monoisotopic (exact) mass is 571 g/mol. The predicted molar refractivity (Wildman–Crippen MR) is 119 cm³/mol. The molecule has 0 aliphatic carbocycles. The molecule has 2 atom stereocenters. The highest BCUT2D eigenvalue weighted by atomic mass is 19.4. The zero-order valence-corrected chi connectivity index (χ0v) is 20.1. The van der Waals surface area contributed by atoms with Crippen molar-refractivity contribution in [2.45, 2.75) is 43.9 Å². The quantitative estimate of drug-likeness (QED) is 0.531. The summed E-state index contributed by atoms with van der Waals surface area (Å²) in [6.07, 6.45) is -1.86. The molecule has 216 valence electrons. The number of hydrogen-bond donors (Lipinski definition) is 2. The lowest BCUT2D eigenvalue weighted by molar-refractivity contribution is -0.193. The Morgan fingerprint density at radius 1 is 0.949 bits per heavy atom. The van der Waals surface area contributed by atoms with Crippen molar-refractivity contribution in [1.82, 2.24) is 19.9 Å². The molecule has 2 unspecified atom stereocenters.